The third kappa shape index (κ3) is 2.82. The van der Waals surface area contributed by atoms with Crippen molar-refractivity contribution in [3.05, 3.63) is 57.2 Å². The van der Waals surface area contributed by atoms with Crippen molar-refractivity contribution in [2.24, 2.45) is 0 Å². The van der Waals surface area contributed by atoms with Crippen LogP contribution in [0.3, 0.4) is 0 Å². The summed E-state index contributed by atoms with van der Waals surface area (Å²) in [6.07, 6.45) is 3.83. The van der Waals surface area contributed by atoms with Crippen LogP contribution in [0.4, 0.5) is 10.1 Å². The average Bonchev–Trinajstić information content (AvgIpc) is 3.22. The molecule has 1 aliphatic carbocycles. The second kappa shape index (κ2) is 5.25. The molecule has 3 rings (SSSR count). The van der Waals surface area contributed by atoms with Crippen LogP contribution in [0.25, 0.3) is 0 Å². The fourth-order valence-corrected chi connectivity index (χ4v) is 2.12. The molecule has 2 aromatic rings. The van der Waals surface area contributed by atoms with Gasteiger partial charge in [0.05, 0.1) is 23.5 Å². The lowest BCUT2D eigenvalue weighted by atomic mass is 10.2. The number of anilines is 1. The summed E-state index contributed by atoms with van der Waals surface area (Å²) in [7, 11) is 0. The van der Waals surface area contributed by atoms with E-state index in [2.05, 4.69) is 10.4 Å². The topological polar surface area (TPSA) is 46.9 Å². The second-order valence-corrected chi connectivity index (χ2v) is 5.28. The molecule has 0 unspecified atom stereocenters. The minimum atomic E-state index is -0.511. The molecule has 0 aliphatic heterocycles. The van der Waals surface area contributed by atoms with E-state index >= 15 is 0 Å². The van der Waals surface area contributed by atoms with Crippen molar-refractivity contribution in [3.63, 3.8) is 0 Å². The van der Waals surface area contributed by atoms with Crippen LogP contribution in [0.2, 0.25) is 5.02 Å². The molecule has 0 atom stereocenters. The van der Waals surface area contributed by atoms with Gasteiger partial charge < -0.3 is 5.32 Å². The third-order valence-corrected chi connectivity index (χ3v) is 3.46. The number of nitrogens with one attached hydrogen (secondary N) is 1. The highest BCUT2D eigenvalue weighted by Gasteiger charge is 2.21. The molecule has 1 aliphatic rings. The van der Waals surface area contributed by atoms with E-state index in [0.717, 1.165) is 12.8 Å². The first-order valence-electron chi connectivity index (χ1n) is 6.40. The van der Waals surface area contributed by atoms with Crippen molar-refractivity contribution in [3.8, 4) is 0 Å². The lowest BCUT2D eigenvalue weighted by Crippen LogP contribution is -2.23. The van der Waals surface area contributed by atoms with E-state index in [1.807, 2.05) is 0 Å². The van der Waals surface area contributed by atoms with Crippen molar-refractivity contribution in [2.45, 2.75) is 25.4 Å². The van der Waals surface area contributed by atoms with Crippen molar-refractivity contribution >= 4 is 17.3 Å². The fraction of sp³-hybridized carbons (Fsp3) is 0.286. The Morgan fingerprint density at radius 2 is 2.25 bits per heavy atom. The predicted molar refractivity (Wildman–Crippen MR) is 75.7 cm³/mol. The minimum absolute atomic E-state index is 0.0440. The number of rotatable bonds is 4. The Morgan fingerprint density at radius 3 is 2.95 bits per heavy atom. The normalized spacial score (nSPS) is 14.3. The molecule has 0 saturated heterocycles. The van der Waals surface area contributed by atoms with Gasteiger partial charge in [0.25, 0.3) is 5.56 Å². The van der Waals surface area contributed by atoms with Gasteiger partial charge in [0.1, 0.15) is 5.82 Å². The van der Waals surface area contributed by atoms with Crippen molar-refractivity contribution in [1.29, 1.82) is 0 Å². The van der Waals surface area contributed by atoms with E-state index in [0.29, 0.717) is 17.3 Å². The zero-order valence-corrected chi connectivity index (χ0v) is 11.4. The molecule has 1 aromatic heterocycles. The van der Waals surface area contributed by atoms with E-state index in [-0.39, 0.29) is 17.1 Å². The van der Waals surface area contributed by atoms with Gasteiger partial charge in [0.15, 0.2) is 0 Å². The molecule has 0 amide bonds. The van der Waals surface area contributed by atoms with Crippen LogP contribution >= 0.6 is 11.6 Å². The molecule has 1 saturated carbocycles. The van der Waals surface area contributed by atoms with Gasteiger partial charge >= 0.3 is 0 Å². The maximum atomic E-state index is 13.8. The standard InChI is InChI=1S/C14H13ClFN3O/c15-12-3-1-2-9(14(12)16)8-19-13(20)6-11(7-17-19)18-10-4-5-10/h1-3,6-7,10,18H,4-5,8H2. The summed E-state index contributed by atoms with van der Waals surface area (Å²) in [5.74, 6) is -0.511. The number of hydrogen-bond donors (Lipinski definition) is 1. The second-order valence-electron chi connectivity index (χ2n) is 4.87. The molecule has 1 heterocycles. The van der Waals surface area contributed by atoms with Crippen molar-refractivity contribution in [2.75, 3.05) is 5.32 Å². The highest BCUT2D eigenvalue weighted by atomic mass is 35.5. The van der Waals surface area contributed by atoms with Crippen LogP contribution < -0.4 is 10.9 Å². The number of aromatic nitrogens is 2. The van der Waals surface area contributed by atoms with E-state index in [1.54, 1.807) is 18.3 Å². The molecule has 1 aromatic carbocycles. The lowest BCUT2D eigenvalue weighted by Gasteiger charge is -2.08. The summed E-state index contributed by atoms with van der Waals surface area (Å²) >= 11 is 5.72. The molecular formula is C14H13ClFN3O. The van der Waals surface area contributed by atoms with Gasteiger partial charge in [-0.1, -0.05) is 23.7 Å². The maximum absolute atomic E-state index is 13.8. The van der Waals surface area contributed by atoms with Gasteiger partial charge in [0, 0.05) is 17.7 Å². The highest BCUT2D eigenvalue weighted by molar-refractivity contribution is 6.30. The molecule has 0 bridgehead atoms. The van der Waals surface area contributed by atoms with E-state index in [9.17, 15) is 9.18 Å². The lowest BCUT2D eigenvalue weighted by molar-refractivity contribution is 0.573. The first kappa shape index (κ1) is 13.1. The van der Waals surface area contributed by atoms with Crippen molar-refractivity contribution in [1.82, 2.24) is 9.78 Å². The molecule has 4 nitrogen and oxygen atoms in total. The first-order valence-corrected chi connectivity index (χ1v) is 6.78. The molecule has 6 heteroatoms. The number of halogens is 2. The molecule has 20 heavy (non-hydrogen) atoms. The Labute approximate surface area is 120 Å². The van der Waals surface area contributed by atoms with Gasteiger partial charge in [-0.2, -0.15) is 5.10 Å². The Morgan fingerprint density at radius 1 is 1.45 bits per heavy atom. The van der Waals surface area contributed by atoms with E-state index in [1.165, 1.54) is 16.8 Å². The maximum Gasteiger partial charge on any atom is 0.269 e. The smallest absolute Gasteiger partial charge is 0.269 e. The summed E-state index contributed by atoms with van der Waals surface area (Å²) in [4.78, 5) is 11.9. The number of hydrogen-bond acceptors (Lipinski definition) is 3. The highest BCUT2D eigenvalue weighted by Crippen LogP contribution is 2.23. The summed E-state index contributed by atoms with van der Waals surface area (Å²) in [6.45, 7) is 0.0644. The zero-order valence-electron chi connectivity index (χ0n) is 10.6. The third-order valence-electron chi connectivity index (χ3n) is 3.17. The summed E-state index contributed by atoms with van der Waals surface area (Å²) < 4.78 is 15.0. The number of benzene rings is 1. The monoisotopic (exact) mass is 293 g/mol. The Kier molecular flexibility index (Phi) is 3.44. The SMILES string of the molecule is O=c1cc(NC2CC2)cnn1Cc1cccc(Cl)c1F. The van der Waals surface area contributed by atoms with Crippen LogP contribution in [-0.4, -0.2) is 15.8 Å². The van der Waals surface area contributed by atoms with Crippen molar-refractivity contribution < 1.29 is 4.39 Å². The van der Waals surface area contributed by atoms with Crippen LogP contribution in [0.1, 0.15) is 18.4 Å². The molecule has 104 valence electrons. The zero-order chi connectivity index (χ0) is 14.1. The number of nitrogens with zero attached hydrogens (tertiary/aromatic N) is 2. The largest absolute Gasteiger partial charge is 0.381 e. The molecule has 1 fully saturated rings. The molecule has 0 radical (unpaired) electrons. The molecule has 1 N–H and O–H groups in total. The molecule has 0 spiro atoms. The van der Waals surface area contributed by atoms with Crippen LogP contribution in [-0.2, 0) is 6.54 Å². The Bertz CT molecular complexity index is 697. The van der Waals surface area contributed by atoms with Gasteiger partial charge in [-0.3, -0.25) is 4.79 Å². The Balaban J connectivity index is 1.83. The quantitative estimate of drug-likeness (QED) is 0.943. The van der Waals surface area contributed by atoms with Crippen LogP contribution in [0.5, 0.6) is 0 Å². The molecular weight excluding hydrogens is 281 g/mol. The Hall–Kier alpha value is -1.88. The van der Waals surface area contributed by atoms with Gasteiger partial charge in [0.2, 0.25) is 0 Å². The van der Waals surface area contributed by atoms with E-state index < -0.39 is 5.82 Å². The van der Waals surface area contributed by atoms with Gasteiger partial charge in [-0.15, -0.1) is 0 Å². The van der Waals surface area contributed by atoms with Gasteiger partial charge in [-0.05, 0) is 18.9 Å². The fourth-order valence-electron chi connectivity index (χ4n) is 1.93. The first-order chi connectivity index (χ1) is 9.63. The van der Waals surface area contributed by atoms with Gasteiger partial charge in [-0.25, -0.2) is 9.07 Å². The summed E-state index contributed by atoms with van der Waals surface area (Å²) in [5.41, 5.74) is 0.783. The minimum Gasteiger partial charge on any atom is -0.381 e. The summed E-state index contributed by atoms with van der Waals surface area (Å²) in [5, 5.41) is 7.30. The van der Waals surface area contributed by atoms with Crippen LogP contribution in [0, 0.1) is 5.82 Å². The average molecular weight is 294 g/mol. The van der Waals surface area contributed by atoms with E-state index in [4.69, 9.17) is 11.6 Å². The summed E-state index contributed by atoms with van der Waals surface area (Å²) in [6, 6.07) is 6.64. The van der Waals surface area contributed by atoms with Crippen LogP contribution in [0.15, 0.2) is 35.3 Å². The predicted octanol–water partition coefficient (Wildman–Crippen LogP) is 2.66.